The molecule has 45 heavy (non-hydrogen) atoms. The minimum atomic E-state index is 0.555. The zero-order valence-electron chi connectivity index (χ0n) is 24.5. The molecule has 2 aliphatic heterocycles. The van der Waals surface area contributed by atoms with Gasteiger partial charge in [0.25, 0.3) is 0 Å². The maximum absolute atomic E-state index is 8.25. The predicted octanol–water partition coefficient (Wildman–Crippen LogP) is 6.93. The van der Waals surface area contributed by atoms with Crippen molar-refractivity contribution < 1.29 is 23.7 Å². The Morgan fingerprint density at radius 2 is 0.800 bits per heavy atom. The van der Waals surface area contributed by atoms with Gasteiger partial charge in [-0.2, -0.15) is 0 Å². The van der Waals surface area contributed by atoms with Gasteiger partial charge in [-0.15, -0.1) is 0 Å². The first-order valence-electron chi connectivity index (χ1n) is 14.3. The fraction of sp³-hybridized carbons (Fsp3) is 0.0857. The quantitative estimate of drug-likeness (QED) is 0.167. The summed E-state index contributed by atoms with van der Waals surface area (Å²) in [6.07, 6.45) is 0. The van der Waals surface area contributed by atoms with E-state index >= 15 is 0 Å². The zero-order chi connectivity index (χ0) is 30.8. The molecule has 0 saturated heterocycles. The third-order valence-electron chi connectivity index (χ3n) is 8.07. The summed E-state index contributed by atoms with van der Waals surface area (Å²) in [6.45, 7) is 6.18. The van der Waals surface area contributed by atoms with Gasteiger partial charge < -0.3 is 29.9 Å². The standard InChI is InChI=1S/C35H22N8.O.Ti/c1-17-8-11-22-25(14-17)34-39-30(22)37-28-20-6-4-5-7-21(20)29(36-28)38-33-26-15-18(2)9-12-23(26)31(40-33)42-35-27-16-19(3)10-13-24(27)32(41-34)43-35;;/h4-16H,1-3H3;;/q-2;;+2. The summed E-state index contributed by atoms with van der Waals surface area (Å²) >= 11 is 0.750. The van der Waals surface area contributed by atoms with E-state index < -0.39 is 0 Å². The van der Waals surface area contributed by atoms with Crippen LogP contribution in [0.3, 0.4) is 0 Å². The van der Waals surface area contributed by atoms with Gasteiger partial charge in [-0.3, -0.25) is 0 Å². The first-order chi connectivity index (χ1) is 22.0. The van der Waals surface area contributed by atoms with E-state index in [4.69, 9.17) is 43.2 Å². The van der Waals surface area contributed by atoms with Gasteiger partial charge >= 0.3 is 23.7 Å². The summed E-state index contributed by atoms with van der Waals surface area (Å²) in [4.78, 5) is 39.8. The van der Waals surface area contributed by atoms with Crippen molar-refractivity contribution in [2.45, 2.75) is 20.8 Å². The van der Waals surface area contributed by atoms with E-state index in [0.29, 0.717) is 45.9 Å². The van der Waals surface area contributed by atoms with Crippen molar-refractivity contribution in [3.05, 3.63) is 95.6 Å². The van der Waals surface area contributed by atoms with Crippen molar-refractivity contribution in [3.8, 4) is 45.6 Å². The Morgan fingerprint density at radius 1 is 0.422 bits per heavy atom. The number of hydrogen-bond acceptors (Lipinski definition) is 7. The van der Waals surface area contributed by atoms with Gasteiger partial charge in [-0.05, 0) is 48.4 Å². The number of hydrogen-bond donors (Lipinski definition) is 0. The predicted molar refractivity (Wildman–Crippen MR) is 169 cm³/mol. The molecule has 10 heteroatoms. The van der Waals surface area contributed by atoms with Crippen LogP contribution in [0.25, 0.3) is 89.7 Å². The van der Waals surface area contributed by atoms with Gasteiger partial charge in [0, 0.05) is 44.8 Å². The van der Waals surface area contributed by atoms with Crippen LogP contribution in [0, 0.1) is 20.8 Å². The average Bonchev–Trinajstić information content (AvgIpc) is 3.77. The van der Waals surface area contributed by atoms with Crippen LogP contribution in [0.15, 0.2) is 78.9 Å². The second-order valence-corrected chi connectivity index (χ2v) is 11.2. The van der Waals surface area contributed by atoms with Crippen LogP contribution in [-0.2, 0) is 23.7 Å². The number of rotatable bonds is 0. The van der Waals surface area contributed by atoms with Crippen LogP contribution in [0.1, 0.15) is 16.7 Å². The van der Waals surface area contributed by atoms with E-state index in [2.05, 4.69) is 57.2 Å². The molecule has 5 heterocycles. The van der Waals surface area contributed by atoms with E-state index in [1.807, 2.05) is 42.5 Å². The molecule has 2 aliphatic rings. The molecule has 212 valence electrons. The van der Waals surface area contributed by atoms with Crippen LogP contribution in [0.2, 0.25) is 0 Å². The van der Waals surface area contributed by atoms with Crippen molar-refractivity contribution >= 4 is 44.1 Å². The van der Waals surface area contributed by atoms with E-state index in [1.54, 1.807) is 0 Å². The van der Waals surface area contributed by atoms with Crippen molar-refractivity contribution in [3.63, 3.8) is 0 Å². The first-order valence-corrected chi connectivity index (χ1v) is 15.0. The summed E-state index contributed by atoms with van der Waals surface area (Å²) in [5, 5.41) is 3.63. The van der Waals surface area contributed by atoms with E-state index in [0.717, 1.165) is 80.9 Å². The molecule has 0 radical (unpaired) electrons. The third-order valence-corrected chi connectivity index (χ3v) is 8.07. The van der Waals surface area contributed by atoms with Gasteiger partial charge in [0.1, 0.15) is 0 Å². The van der Waals surface area contributed by atoms with Crippen molar-refractivity contribution in [2.24, 2.45) is 0 Å². The Morgan fingerprint density at radius 3 is 1.29 bits per heavy atom. The van der Waals surface area contributed by atoms with Gasteiger partial charge in [0.2, 0.25) is 0 Å². The van der Waals surface area contributed by atoms with Crippen LogP contribution in [0.5, 0.6) is 0 Å². The van der Waals surface area contributed by atoms with Crippen molar-refractivity contribution in [1.82, 2.24) is 39.9 Å². The van der Waals surface area contributed by atoms with Crippen LogP contribution >= 0.6 is 0 Å². The zero-order valence-corrected chi connectivity index (χ0v) is 26.1. The molecule has 0 N–H and O–H groups in total. The topological polar surface area (TPSA) is 123 Å². The van der Waals surface area contributed by atoms with Crippen LogP contribution in [-0.4, -0.2) is 29.9 Å². The second-order valence-electron chi connectivity index (χ2n) is 11.2. The monoisotopic (exact) mass is 618 g/mol. The summed E-state index contributed by atoms with van der Waals surface area (Å²) in [5.74, 6) is 2.23. The van der Waals surface area contributed by atoms with Gasteiger partial charge in [-0.25, -0.2) is 9.97 Å². The fourth-order valence-electron chi connectivity index (χ4n) is 5.95. The normalized spacial score (nSPS) is 11.7. The van der Waals surface area contributed by atoms with E-state index in [-0.39, 0.29) is 0 Å². The summed E-state index contributed by atoms with van der Waals surface area (Å²) in [6, 6.07) is 26.6. The SMILES string of the molecule is Cc1ccc2c(c1)-c1nc-2nc2[n-]c(nc3nc(nc4[n-]c(n1)c1ccc(C)cc41)-c1ccccc1-3)c1ccc(C)cc21.[O]=[Ti+2]. The van der Waals surface area contributed by atoms with Crippen molar-refractivity contribution in [2.75, 3.05) is 0 Å². The molecule has 0 aliphatic carbocycles. The molecule has 0 saturated carbocycles. The molecule has 0 fully saturated rings. The molecular weight excluding hydrogens is 596 g/mol. The summed E-state index contributed by atoms with van der Waals surface area (Å²) in [5.41, 5.74) is 9.18. The Balaban J connectivity index is 0.00000147. The number of nitrogens with zero attached hydrogens (tertiary/aromatic N) is 8. The molecule has 4 aromatic carbocycles. The fourth-order valence-corrected chi connectivity index (χ4v) is 5.95. The molecule has 9 rings (SSSR count). The molecular formula is C35H22N8OTi. The van der Waals surface area contributed by atoms with Gasteiger partial charge in [-0.1, -0.05) is 89.5 Å². The number of aromatic nitrogens is 8. The molecule has 0 unspecified atom stereocenters. The molecule has 0 spiro atoms. The molecule has 0 atom stereocenters. The number of benzene rings is 4. The van der Waals surface area contributed by atoms with Crippen LogP contribution in [0.4, 0.5) is 0 Å². The molecule has 7 aromatic rings. The molecule has 0 amide bonds. The van der Waals surface area contributed by atoms with E-state index in [1.165, 1.54) is 0 Å². The Hall–Kier alpha value is -5.25. The first kappa shape index (κ1) is 27.3. The average molecular weight is 618 g/mol. The molecule has 9 nitrogen and oxygen atoms in total. The van der Waals surface area contributed by atoms with E-state index in [9.17, 15) is 0 Å². The Labute approximate surface area is 268 Å². The molecule has 8 bridgehead atoms. The van der Waals surface area contributed by atoms with Crippen molar-refractivity contribution in [1.29, 1.82) is 0 Å². The molecule has 3 aromatic heterocycles. The minimum absolute atomic E-state index is 0.555. The Bertz CT molecular complexity index is 2530. The second kappa shape index (κ2) is 10.4. The summed E-state index contributed by atoms with van der Waals surface area (Å²) < 4.78 is 8.25. The Kier molecular flexibility index (Phi) is 6.33. The van der Waals surface area contributed by atoms with Crippen LogP contribution < -0.4 is 9.97 Å². The summed E-state index contributed by atoms with van der Waals surface area (Å²) in [7, 11) is 0. The maximum atomic E-state index is 8.25. The van der Waals surface area contributed by atoms with Gasteiger partial charge in [0.15, 0.2) is 0 Å². The number of fused-ring (bicyclic) bond motifs is 20. The third kappa shape index (κ3) is 4.43. The number of aryl methyl sites for hydroxylation is 3. The van der Waals surface area contributed by atoms with Gasteiger partial charge in [0.05, 0.1) is 23.3 Å².